The van der Waals surface area contributed by atoms with E-state index in [0.29, 0.717) is 5.71 Å². The van der Waals surface area contributed by atoms with Crippen molar-refractivity contribution >= 4 is 17.8 Å². The highest BCUT2D eigenvalue weighted by Gasteiger charge is 2.10. The van der Waals surface area contributed by atoms with Gasteiger partial charge in [-0.3, -0.25) is 0 Å². The second-order valence-corrected chi connectivity index (χ2v) is 3.91. The lowest BCUT2D eigenvalue weighted by molar-refractivity contribution is 0.256. The molecule has 1 aromatic rings. The molecule has 2 amide bonds. The van der Waals surface area contributed by atoms with Crippen LogP contribution in [-0.4, -0.2) is 11.7 Å². The lowest BCUT2D eigenvalue weighted by Crippen LogP contribution is -2.15. The molecule has 1 aliphatic rings. The molecule has 0 bridgehead atoms. The maximum atomic E-state index is 10.8. The first-order valence-corrected chi connectivity index (χ1v) is 5.72. The molecule has 0 spiro atoms. The minimum absolute atomic E-state index is 0.0114. The number of nitrogens with two attached hydrogens (primary N) is 1. The van der Waals surface area contributed by atoms with Gasteiger partial charge in [0, 0.05) is 5.92 Å². The minimum Gasteiger partial charge on any atom is -0.350 e. The van der Waals surface area contributed by atoms with Crippen LogP contribution in [0.5, 0.6) is 0 Å². The number of amides is 2. The Hall–Kier alpha value is -2.42. The second-order valence-electron chi connectivity index (χ2n) is 3.91. The first kappa shape index (κ1) is 12.0. The molecule has 0 saturated carbocycles. The number of urea groups is 1. The first-order valence-electron chi connectivity index (χ1n) is 5.72. The molecular formula is C15H14N2O. The van der Waals surface area contributed by atoms with Gasteiger partial charge in [0.05, 0.1) is 5.71 Å². The van der Waals surface area contributed by atoms with Crippen molar-refractivity contribution in [3.8, 4) is 0 Å². The minimum atomic E-state index is -0.664. The molecule has 0 aliphatic heterocycles. The van der Waals surface area contributed by atoms with Crippen LogP contribution in [0.25, 0.3) is 6.08 Å². The predicted octanol–water partition coefficient (Wildman–Crippen LogP) is 2.96. The highest BCUT2D eigenvalue weighted by atomic mass is 16.2. The number of rotatable bonds is 2. The standard InChI is InChI=1S/C15H14N2O/c16-15(18)17-14-9-5-4-8-13(14)11-10-12-6-2-1-3-7-12/h1-11,13H,(H2,16,18). The molecule has 2 rings (SSSR count). The highest BCUT2D eigenvalue weighted by molar-refractivity contribution is 6.06. The van der Waals surface area contributed by atoms with Gasteiger partial charge in [-0.05, 0) is 11.6 Å². The van der Waals surface area contributed by atoms with E-state index in [-0.39, 0.29) is 5.92 Å². The average molecular weight is 238 g/mol. The average Bonchev–Trinajstić information content (AvgIpc) is 2.38. The van der Waals surface area contributed by atoms with Crippen molar-refractivity contribution in [2.24, 2.45) is 16.6 Å². The molecular weight excluding hydrogens is 224 g/mol. The molecule has 1 aromatic carbocycles. The molecule has 0 radical (unpaired) electrons. The zero-order chi connectivity index (χ0) is 12.8. The maximum absolute atomic E-state index is 10.8. The van der Waals surface area contributed by atoms with Crippen molar-refractivity contribution in [2.75, 3.05) is 0 Å². The van der Waals surface area contributed by atoms with Crippen LogP contribution in [0.3, 0.4) is 0 Å². The molecule has 3 nitrogen and oxygen atoms in total. The number of aliphatic imine (C=N–C) groups is 1. The van der Waals surface area contributed by atoms with Crippen molar-refractivity contribution in [1.29, 1.82) is 0 Å². The van der Waals surface area contributed by atoms with Crippen LogP contribution >= 0.6 is 0 Å². The lowest BCUT2D eigenvalue weighted by atomic mass is 9.97. The molecule has 0 heterocycles. The number of hydrogen-bond acceptors (Lipinski definition) is 1. The van der Waals surface area contributed by atoms with Crippen LogP contribution < -0.4 is 5.73 Å². The molecule has 0 aromatic heterocycles. The monoisotopic (exact) mass is 238 g/mol. The molecule has 18 heavy (non-hydrogen) atoms. The summed E-state index contributed by atoms with van der Waals surface area (Å²) < 4.78 is 0. The van der Waals surface area contributed by atoms with Gasteiger partial charge in [-0.15, -0.1) is 0 Å². The fourth-order valence-electron chi connectivity index (χ4n) is 1.73. The van der Waals surface area contributed by atoms with Crippen LogP contribution in [0, 0.1) is 5.92 Å². The zero-order valence-corrected chi connectivity index (χ0v) is 9.86. The quantitative estimate of drug-likeness (QED) is 0.846. The molecule has 2 N–H and O–H groups in total. The van der Waals surface area contributed by atoms with E-state index >= 15 is 0 Å². The van der Waals surface area contributed by atoms with Crippen LogP contribution in [0.1, 0.15) is 5.56 Å². The van der Waals surface area contributed by atoms with Crippen LogP contribution in [-0.2, 0) is 0 Å². The van der Waals surface area contributed by atoms with E-state index in [0.717, 1.165) is 5.56 Å². The third kappa shape index (κ3) is 3.28. The van der Waals surface area contributed by atoms with E-state index in [1.54, 1.807) is 6.08 Å². The Labute approximate surface area is 106 Å². The predicted molar refractivity (Wildman–Crippen MR) is 74.3 cm³/mol. The number of allylic oxidation sites excluding steroid dienone is 5. The first-order chi connectivity index (χ1) is 8.75. The largest absolute Gasteiger partial charge is 0.350 e. The molecule has 3 heteroatoms. The van der Waals surface area contributed by atoms with Gasteiger partial charge in [-0.2, -0.15) is 4.99 Å². The Morgan fingerprint density at radius 1 is 1.22 bits per heavy atom. The summed E-state index contributed by atoms with van der Waals surface area (Å²) in [6, 6.07) is 9.31. The van der Waals surface area contributed by atoms with Crippen LogP contribution in [0.4, 0.5) is 4.79 Å². The number of nitrogens with zero attached hydrogens (tertiary/aromatic N) is 1. The molecule has 0 saturated heterocycles. The summed E-state index contributed by atoms with van der Waals surface area (Å²) >= 11 is 0. The second kappa shape index (κ2) is 5.77. The Balaban J connectivity index is 2.17. The van der Waals surface area contributed by atoms with Gasteiger partial charge in [0.2, 0.25) is 0 Å². The van der Waals surface area contributed by atoms with Crippen molar-refractivity contribution in [1.82, 2.24) is 0 Å². The van der Waals surface area contributed by atoms with E-state index in [1.165, 1.54) is 0 Å². The van der Waals surface area contributed by atoms with Gasteiger partial charge >= 0.3 is 6.03 Å². The number of carbonyl (C=O) groups is 1. The number of primary amides is 1. The fourth-order valence-corrected chi connectivity index (χ4v) is 1.73. The van der Waals surface area contributed by atoms with Crippen molar-refractivity contribution in [3.05, 3.63) is 66.3 Å². The summed E-state index contributed by atoms with van der Waals surface area (Å²) in [7, 11) is 0. The molecule has 90 valence electrons. The normalized spacial score (nSPS) is 20.7. The summed E-state index contributed by atoms with van der Waals surface area (Å²) in [5.74, 6) is -0.0114. The Morgan fingerprint density at radius 2 is 2.00 bits per heavy atom. The smallest absolute Gasteiger partial charge is 0.338 e. The van der Waals surface area contributed by atoms with Crippen LogP contribution in [0.2, 0.25) is 0 Å². The molecule has 1 atom stereocenters. The van der Waals surface area contributed by atoms with Gasteiger partial charge < -0.3 is 5.73 Å². The summed E-state index contributed by atoms with van der Waals surface area (Å²) in [6.07, 6.45) is 11.5. The zero-order valence-electron chi connectivity index (χ0n) is 9.86. The number of carbonyl (C=O) groups excluding carboxylic acids is 1. The summed E-state index contributed by atoms with van der Waals surface area (Å²) in [5.41, 5.74) is 6.86. The lowest BCUT2D eigenvalue weighted by Gasteiger charge is -2.10. The Bertz CT molecular complexity index is 539. The summed E-state index contributed by atoms with van der Waals surface area (Å²) in [4.78, 5) is 14.6. The Kier molecular flexibility index (Phi) is 3.86. The number of benzene rings is 1. The highest BCUT2D eigenvalue weighted by Crippen LogP contribution is 2.13. The van der Waals surface area contributed by atoms with Crippen LogP contribution in [0.15, 0.2) is 65.7 Å². The van der Waals surface area contributed by atoms with Gasteiger partial charge in [0.1, 0.15) is 0 Å². The van der Waals surface area contributed by atoms with Gasteiger partial charge in [-0.1, -0.05) is 60.7 Å². The molecule has 0 fully saturated rings. The van der Waals surface area contributed by atoms with E-state index in [4.69, 9.17) is 5.73 Å². The maximum Gasteiger partial charge on any atom is 0.338 e. The van der Waals surface area contributed by atoms with E-state index in [1.807, 2.05) is 60.7 Å². The third-order valence-electron chi connectivity index (χ3n) is 2.57. The van der Waals surface area contributed by atoms with E-state index < -0.39 is 6.03 Å². The van der Waals surface area contributed by atoms with Crippen molar-refractivity contribution in [3.63, 3.8) is 0 Å². The van der Waals surface area contributed by atoms with Crippen molar-refractivity contribution in [2.45, 2.75) is 0 Å². The number of hydrogen-bond donors (Lipinski definition) is 1. The van der Waals surface area contributed by atoms with Gasteiger partial charge in [-0.25, -0.2) is 4.79 Å². The van der Waals surface area contributed by atoms with E-state index in [9.17, 15) is 4.79 Å². The molecule has 1 unspecified atom stereocenters. The van der Waals surface area contributed by atoms with Crippen molar-refractivity contribution < 1.29 is 4.79 Å². The summed E-state index contributed by atoms with van der Waals surface area (Å²) in [6.45, 7) is 0. The topological polar surface area (TPSA) is 55.5 Å². The fraction of sp³-hybridized carbons (Fsp3) is 0.0667. The summed E-state index contributed by atoms with van der Waals surface area (Å²) in [5, 5.41) is 0. The molecule has 1 aliphatic carbocycles. The third-order valence-corrected chi connectivity index (χ3v) is 2.57. The van der Waals surface area contributed by atoms with Gasteiger partial charge in [0.15, 0.2) is 0 Å². The van der Waals surface area contributed by atoms with Gasteiger partial charge in [0.25, 0.3) is 0 Å². The Morgan fingerprint density at radius 3 is 2.72 bits per heavy atom. The van der Waals surface area contributed by atoms with E-state index in [2.05, 4.69) is 4.99 Å². The SMILES string of the molecule is NC(=O)N=C1C=CC=CC1C=Cc1ccccc1.